The Morgan fingerprint density at radius 3 is 2.38 bits per heavy atom. The fourth-order valence-corrected chi connectivity index (χ4v) is 3.77. The molecule has 1 aromatic heterocycles. The molecule has 0 bridgehead atoms. The van der Waals surface area contributed by atoms with Gasteiger partial charge < -0.3 is 29.9 Å². The van der Waals surface area contributed by atoms with Gasteiger partial charge in [-0.25, -0.2) is 4.98 Å². The first-order chi connectivity index (χ1) is 18.7. The predicted octanol–water partition coefficient (Wildman–Crippen LogP) is 4.98. The van der Waals surface area contributed by atoms with Gasteiger partial charge in [0.15, 0.2) is 5.78 Å². The summed E-state index contributed by atoms with van der Waals surface area (Å²) in [5.74, 6) is 1.28. The number of rotatable bonds is 14. The summed E-state index contributed by atoms with van der Waals surface area (Å²) < 4.78 is 11.3. The summed E-state index contributed by atoms with van der Waals surface area (Å²) in [6.45, 7) is 7.79. The molecular weight excluding hydrogens is 494 g/mol. The van der Waals surface area contributed by atoms with Crippen molar-refractivity contribution in [2.24, 2.45) is 0 Å². The number of amides is 1. The first-order valence-electron chi connectivity index (χ1n) is 12.8. The Kier molecular flexibility index (Phi) is 10.5. The number of anilines is 4. The average Bonchev–Trinajstić information content (AvgIpc) is 2.94. The van der Waals surface area contributed by atoms with Crippen molar-refractivity contribution in [3.05, 3.63) is 78.5 Å². The number of pyridine rings is 1. The fraction of sp³-hybridized carbons (Fsp3) is 0.300. The van der Waals surface area contributed by atoms with Gasteiger partial charge >= 0.3 is 0 Å². The maximum Gasteiger partial charge on any atom is 0.247 e. The summed E-state index contributed by atoms with van der Waals surface area (Å²) in [6.07, 6.45) is 3.71. The minimum absolute atomic E-state index is 0.133. The molecule has 39 heavy (non-hydrogen) atoms. The van der Waals surface area contributed by atoms with Gasteiger partial charge in [0.25, 0.3) is 0 Å². The molecule has 0 saturated carbocycles. The van der Waals surface area contributed by atoms with E-state index < -0.39 is 0 Å². The maximum absolute atomic E-state index is 13.2. The SMILES string of the molecule is C=CC(=O)Nc1cc(Nc2cc(C(=O)c3ccc(OCCC)cc3)ccn2)c(OC)cc1N(C)CCN(C)C. The van der Waals surface area contributed by atoms with Crippen LogP contribution in [0.1, 0.15) is 29.3 Å². The molecule has 9 heteroatoms. The maximum atomic E-state index is 13.2. The van der Waals surface area contributed by atoms with Crippen molar-refractivity contribution < 1.29 is 19.1 Å². The van der Waals surface area contributed by atoms with E-state index >= 15 is 0 Å². The van der Waals surface area contributed by atoms with Gasteiger partial charge in [-0.3, -0.25) is 9.59 Å². The third-order valence-corrected chi connectivity index (χ3v) is 5.93. The first kappa shape index (κ1) is 29.2. The highest BCUT2D eigenvalue weighted by Crippen LogP contribution is 2.38. The van der Waals surface area contributed by atoms with Crippen LogP contribution in [-0.4, -0.2) is 69.5 Å². The Balaban J connectivity index is 1.89. The second kappa shape index (κ2) is 14.0. The molecule has 1 amide bonds. The molecule has 206 valence electrons. The molecule has 0 aliphatic carbocycles. The van der Waals surface area contributed by atoms with Crippen LogP contribution in [0.15, 0.2) is 67.4 Å². The number of carbonyl (C=O) groups excluding carboxylic acids is 2. The Labute approximate surface area is 230 Å². The lowest BCUT2D eigenvalue weighted by atomic mass is 10.0. The Hall–Kier alpha value is -4.37. The van der Waals surface area contributed by atoms with Gasteiger partial charge in [-0.05, 0) is 69.1 Å². The Morgan fingerprint density at radius 2 is 1.74 bits per heavy atom. The zero-order chi connectivity index (χ0) is 28.4. The normalized spacial score (nSPS) is 10.6. The third kappa shape index (κ3) is 8.05. The number of ether oxygens (including phenoxy) is 2. The van der Waals surface area contributed by atoms with E-state index in [4.69, 9.17) is 9.47 Å². The van der Waals surface area contributed by atoms with Crippen LogP contribution in [0.2, 0.25) is 0 Å². The largest absolute Gasteiger partial charge is 0.494 e. The number of nitrogens with zero attached hydrogens (tertiary/aromatic N) is 3. The quantitative estimate of drug-likeness (QED) is 0.222. The van der Waals surface area contributed by atoms with Crippen molar-refractivity contribution in [1.82, 2.24) is 9.88 Å². The van der Waals surface area contributed by atoms with Crippen LogP contribution >= 0.6 is 0 Å². The van der Waals surface area contributed by atoms with Gasteiger partial charge in [0.05, 0.1) is 30.8 Å². The fourth-order valence-electron chi connectivity index (χ4n) is 3.77. The summed E-state index contributed by atoms with van der Waals surface area (Å²) in [5.41, 5.74) is 2.98. The predicted molar refractivity (Wildman–Crippen MR) is 157 cm³/mol. The lowest BCUT2D eigenvalue weighted by Crippen LogP contribution is -2.29. The standard InChI is InChI=1S/C30H37N5O4/c1-7-17-39-23-11-9-21(10-12-23)30(37)22-13-14-31-28(18-22)32-25-19-24(33-29(36)8-2)26(20-27(25)38-6)35(5)16-15-34(3)4/h8-14,18-20H,2,7,15-17H2,1,3-6H3,(H,31,32)(H,33,36). The highest BCUT2D eigenvalue weighted by atomic mass is 16.5. The van der Waals surface area contributed by atoms with E-state index in [0.29, 0.717) is 40.7 Å². The molecule has 1 heterocycles. The number of hydrogen-bond donors (Lipinski definition) is 2. The van der Waals surface area contributed by atoms with E-state index in [1.807, 2.05) is 39.0 Å². The molecule has 2 aromatic carbocycles. The van der Waals surface area contributed by atoms with Gasteiger partial charge in [-0.15, -0.1) is 0 Å². The van der Waals surface area contributed by atoms with Crippen molar-refractivity contribution in [3.63, 3.8) is 0 Å². The van der Waals surface area contributed by atoms with Crippen LogP contribution in [0.5, 0.6) is 11.5 Å². The molecule has 0 aliphatic rings. The molecule has 3 rings (SSSR count). The Morgan fingerprint density at radius 1 is 1.00 bits per heavy atom. The van der Waals surface area contributed by atoms with Crippen LogP contribution in [0.25, 0.3) is 0 Å². The van der Waals surface area contributed by atoms with Crippen LogP contribution in [-0.2, 0) is 4.79 Å². The summed E-state index contributed by atoms with van der Waals surface area (Å²) in [7, 11) is 7.54. The number of carbonyl (C=O) groups is 2. The number of methoxy groups -OCH3 is 1. The number of benzene rings is 2. The van der Waals surface area contributed by atoms with Crippen LogP contribution in [0.3, 0.4) is 0 Å². The minimum atomic E-state index is -0.329. The molecular formula is C30H37N5O4. The zero-order valence-electron chi connectivity index (χ0n) is 23.3. The average molecular weight is 532 g/mol. The molecule has 9 nitrogen and oxygen atoms in total. The van der Waals surface area contributed by atoms with Crippen molar-refractivity contribution in [2.45, 2.75) is 13.3 Å². The molecule has 0 atom stereocenters. The Bertz CT molecular complexity index is 1290. The summed E-state index contributed by atoms with van der Waals surface area (Å²) in [5, 5.41) is 6.12. The van der Waals surface area contributed by atoms with Gasteiger partial charge in [0, 0.05) is 43.5 Å². The van der Waals surface area contributed by atoms with Gasteiger partial charge in [-0.2, -0.15) is 0 Å². The van der Waals surface area contributed by atoms with Crippen LogP contribution in [0.4, 0.5) is 22.9 Å². The number of likely N-dealkylation sites (N-methyl/N-ethyl adjacent to an activating group) is 2. The lowest BCUT2D eigenvalue weighted by Gasteiger charge is -2.26. The highest BCUT2D eigenvalue weighted by Gasteiger charge is 2.17. The number of aromatic nitrogens is 1. The summed E-state index contributed by atoms with van der Waals surface area (Å²) in [4.78, 5) is 33.9. The zero-order valence-corrected chi connectivity index (χ0v) is 23.3. The van der Waals surface area contributed by atoms with Crippen molar-refractivity contribution in [2.75, 3.05) is 63.5 Å². The molecule has 0 radical (unpaired) electrons. The number of ketones is 1. The first-order valence-corrected chi connectivity index (χ1v) is 12.8. The third-order valence-electron chi connectivity index (χ3n) is 5.93. The van der Waals surface area contributed by atoms with E-state index in [2.05, 4.69) is 27.1 Å². The molecule has 0 spiro atoms. The van der Waals surface area contributed by atoms with Crippen molar-refractivity contribution in [1.29, 1.82) is 0 Å². The number of nitrogens with one attached hydrogen (secondary N) is 2. The summed E-state index contributed by atoms with van der Waals surface area (Å²) >= 11 is 0. The van der Waals surface area contributed by atoms with Gasteiger partial charge in [0.2, 0.25) is 5.91 Å². The topological polar surface area (TPSA) is 96.0 Å². The van der Waals surface area contributed by atoms with E-state index in [-0.39, 0.29) is 11.7 Å². The van der Waals surface area contributed by atoms with Crippen LogP contribution in [0, 0.1) is 0 Å². The molecule has 0 unspecified atom stereocenters. The summed E-state index contributed by atoms with van der Waals surface area (Å²) in [6, 6.07) is 14.1. The van der Waals surface area contributed by atoms with E-state index in [1.165, 1.54) is 6.08 Å². The monoisotopic (exact) mass is 531 g/mol. The van der Waals surface area contributed by atoms with E-state index in [0.717, 1.165) is 30.9 Å². The molecule has 0 fully saturated rings. The minimum Gasteiger partial charge on any atom is -0.494 e. The molecule has 0 saturated heterocycles. The number of hydrogen-bond acceptors (Lipinski definition) is 8. The van der Waals surface area contributed by atoms with E-state index in [1.54, 1.807) is 55.8 Å². The van der Waals surface area contributed by atoms with Crippen molar-refractivity contribution in [3.8, 4) is 11.5 Å². The molecule has 0 aliphatic heterocycles. The highest BCUT2D eigenvalue weighted by molar-refractivity contribution is 6.09. The lowest BCUT2D eigenvalue weighted by molar-refractivity contribution is -0.111. The smallest absolute Gasteiger partial charge is 0.247 e. The van der Waals surface area contributed by atoms with Gasteiger partial charge in [-0.1, -0.05) is 13.5 Å². The molecule has 3 aromatic rings. The second-order valence-electron chi connectivity index (χ2n) is 9.24. The van der Waals surface area contributed by atoms with E-state index in [9.17, 15) is 9.59 Å². The van der Waals surface area contributed by atoms with Crippen molar-refractivity contribution >= 4 is 34.6 Å². The second-order valence-corrected chi connectivity index (χ2v) is 9.24. The molecule has 2 N–H and O–H groups in total. The van der Waals surface area contributed by atoms with Crippen LogP contribution < -0.4 is 25.0 Å². The van der Waals surface area contributed by atoms with Gasteiger partial charge in [0.1, 0.15) is 17.3 Å².